The summed E-state index contributed by atoms with van der Waals surface area (Å²) in [5.41, 5.74) is 0. The Morgan fingerprint density at radius 3 is 2.81 bits per heavy atom. The van der Waals surface area contributed by atoms with E-state index in [0.29, 0.717) is 6.04 Å². The van der Waals surface area contributed by atoms with Gasteiger partial charge in [0.25, 0.3) is 0 Å². The Labute approximate surface area is 135 Å². The van der Waals surface area contributed by atoms with Gasteiger partial charge in [0, 0.05) is 31.1 Å². The first-order valence-corrected chi connectivity index (χ1v) is 8.30. The van der Waals surface area contributed by atoms with Gasteiger partial charge in [-0.15, -0.1) is 12.4 Å². The minimum atomic E-state index is 0. The molecule has 21 heavy (non-hydrogen) atoms. The zero-order valence-corrected chi connectivity index (χ0v) is 14.5. The second-order valence-electron chi connectivity index (χ2n) is 6.99. The average Bonchev–Trinajstić information content (AvgIpc) is 2.38. The summed E-state index contributed by atoms with van der Waals surface area (Å²) in [5, 5.41) is 6.63. The summed E-state index contributed by atoms with van der Waals surface area (Å²) in [4.78, 5) is 14.8. The summed E-state index contributed by atoms with van der Waals surface area (Å²) in [6.07, 6.45) is 4.60. The molecule has 4 atom stereocenters. The van der Waals surface area contributed by atoms with Gasteiger partial charge in [-0.3, -0.25) is 4.79 Å². The average molecular weight is 318 g/mol. The van der Waals surface area contributed by atoms with Gasteiger partial charge in [0.2, 0.25) is 5.91 Å². The number of piperidine rings is 2. The van der Waals surface area contributed by atoms with Crippen molar-refractivity contribution in [3.8, 4) is 0 Å². The van der Waals surface area contributed by atoms with Crippen LogP contribution in [0.4, 0.5) is 0 Å². The monoisotopic (exact) mass is 317 g/mol. The van der Waals surface area contributed by atoms with Crippen molar-refractivity contribution < 1.29 is 4.79 Å². The molecular formula is C16H32ClN3O. The van der Waals surface area contributed by atoms with Crippen LogP contribution < -0.4 is 10.6 Å². The molecule has 0 saturated carbocycles. The lowest BCUT2D eigenvalue weighted by molar-refractivity contribution is -0.126. The third-order valence-corrected chi connectivity index (χ3v) is 4.66. The number of hydrogen-bond donors (Lipinski definition) is 2. The summed E-state index contributed by atoms with van der Waals surface area (Å²) in [7, 11) is 0. The Hall–Kier alpha value is -0.320. The van der Waals surface area contributed by atoms with Crippen molar-refractivity contribution >= 4 is 18.3 Å². The van der Waals surface area contributed by atoms with Crippen LogP contribution in [-0.4, -0.2) is 49.1 Å². The van der Waals surface area contributed by atoms with Gasteiger partial charge in [-0.25, -0.2) is 0 Å². The number of hydrogen-bond acceptors (Lipinski definition) is 3. The van der Waals surface area contributed by atoms with Gasteiger partial charge in [-0.2, -0.15) is 0 Å². The first-order chi connectivity index (χ1) is 9.54. The predicted octanol–water partition coefficient (Wildman–Crippen LogP) is 2.03. The van der Waals surface area contributed by atoms with E-state index in [9.17, 15) is 4.79 Å². The standard InChI is InChI=1S/C16H31N3O.ClH/c1-12-5-4-8-19(10-12)11-14(3)18-16(20)15-6-7-17-13(2)9-15;/h12-15,17H,4-11H2,1-3H3,(H,18,20);1H/t12?,13-,14?,15-;/m0./s1. The van der Waals surface area contributed by atoms with Gasteiger partial charge in [-0.1, -0.05) is 6.92 Å². The van der Waals surface area contributed by atoms with Crippen LogP contribution in [0.3, 0.4) is 0 Å². The molecule has 2 heterocycles. The number of nitrogens with zero attached hydrogens (tertiary/aromatic N) is 1. The van der Waals surface area contributed by atoms with Crippen LogP contribution in [0.1, 0.15) is 46.5 Å². The SMILES string of the molecule is CC1CCCN(CC(C)NC(=O)[C@H]2CCN[C@@H](C)C2)C1.Cl. The van der Waals surface area contributed by atoms with Crippen LogP contribution in [0.25, 0.3) is 0 Å². The number of carbonyl (C=O) groups is 1. The van der Waals surface area contributed by atoms with Crippen LogP contribution in [0.15, 0.2) is 0 Å². The second kappa shape index (κ2) is 8.96. The van der Waals surface area contributed by atoms with E-state index in [0.717, 1.165) is 31.8 Å². The molecule has 2 rings (SSSR count). The molecule has 0 radical (unpaired) electrons. The fourth-order valence-corrected chi connectivity index (χ4v) is 3.62. The lowest BCUT2D eigenvalue weighted by Crippen LogP contribution is -2.48. The Bertz CT molecular complexity index is 327. The highest BCUT2D eigenvalue weighted by atomic mass is 35.5. The van der Waals surface area contributed by atoms with E-state index in [1.54, 1.807) is 0 Å². The van der Waals surface area contributed by atoms with Gasteiger partial charge in [-0.05, 0) is 58.5 Å². The van der Waals surface area contributed by atoms with Crippen molar-refractivity contribution in [2.24, 2.45) is 11.8 Å². The molecule has 2 unspecified atom stereocenters. The molecule has 2 N–H and O–H groups in total. The van der Waals surface area contributed by atoms with Gasteiger partial charge in [0.05, 0.1) is 0 Å². The Kier molecular flexibility index (Phi) is 7.99. The minimum absolute atomic E-state index is 0. The number of nitrogens with one attached hydrogen (secondary N) is 2. The molecule has 0 aromatic rings. The summed E-state index contributed by atoms with van der Waals surface area (Å²) < 4.78 is 0. The maximum atomic E-state index is 12.3. The van der Waals surface area contributed by atoms with Crippen molar-refractivity contribution in [1.82, 2.24) is 15.5 Å². The van der Waals surface area contributed by atoms with E-state index in [1.807, 2.05) is 0 Å². The Morgan fingerprint density at radius 1 is 1.38 bits per heavy atom. The van der Waals surface area contributed by atoms with E-state index in [-0.39, 0.29) is 30.3 Å². The summed E-state index contributed by atoms with van der Waals surface area (Å²) in [6, 6.07) is 0.732. The third-order valence-electron chi connectivity index (χ3n) is 4.66. The van der Waals surface area contributed by atoms with Gasteiger partial charge in [0.1, 0.15) is 0 Å². The number of amides is 1. The summed E-state index contributed by atoms with van der Waals surface area (Å²) in [6.45, 7) is 11.0. The van der Waals surface area contributed by atoms with Crippen molar-refractivity contribution in [3.63, 3.8) is 0 Å². The van der Waals surface area contributed by atoms with Crippen molar-refractivity contribution in [1.29, 1.82) is 0 Å². The molecule has 2 saturated heterocycles. The highest BCUT2D eigenvalue weighted by Gasteiger charge is 2.26. The summed E-state index contributed by atoms with van der Waals surface area (Å²) in [5.74, 6) is 1.27. The maximum absolute atomic E-state index is 12.3. The smallest absolute Gasteiger partial charge is 0.223 e. The Morgan fingerprint density at radius 2 is 2.14 bits per heavy atom. The fourth-order valence-electron chi connectivity index (χ4n) is 3.62. The van der Waals surface area contributed by atoms with Gasteiger partial charge < -0.3 is 15.5 Å². The van der Waals surface area contributed by atoms with Crippen molar-refractivity contribution in [2.45, 2.75) is 58.5 Å². The lowest BCUT2D eigenvalue weighted by atomic mass is 9.92. The topological polar surface area (TPSA) is 44.4 Å². The molecule has 0 aromatic carbocycles. The zero-order chi connectivity index (χ0) is 14.5. The Balaban J connectivity index is 0.00000220. The molecule has 5 heteroatoms. The number of carbonyl (C=O) groups excluding carboxylic acids is 1. The van der Waals surface area contributed by atoms with Gasteiger partial charge in [0.15, 0.2) is 0 Å². The first kappa shape index (κ1) is 18.7. The van der Waals surface area contributed by atoms with E-state index >= 15 is 0 Å². The summed E-state index contributed by atoms with van der Waals surface area (Å²) >= 11 is 0. The zero-order valence-electron chi connectivity index (χ0n) is 13.7. The van der Waals surface area contributed by atoms with Crippen LogP contribution >= 0.6 is 12.4 Å². The lowest BCUT2D eigenvalue weighted by Gasteiger charge is -2.34. The van der Waals surface area contributed by atoms with Crippen LogP contribution in [0.5, 0.6) is 0 Å². The van der Waals surface area contributed by atoms with E-state index in [2.05, 4.69) is 36.3 Å². The third kappa shape index (κ3) is 6.13. The number of likely N-dealkylation sites (tertiary alicyclic amines) is 1. The van der Waals surface area contributed by atoms with E-state index in [1.165, 1.54) is 25.9 Å². The largest absolute Gasteiger partial charge is 0.352 e. The van der Waals surface area contributed by atoms with Gasteiger partial charge >= 0.3 is 0 Å². The molecule has 0 bridgehead atoms. The molecule has 0 spiro atoms. The molecule has 0 aliphatic carbocycles. The molecule has 0 aromatic heterocycles. The van der Waals surface area contributed by atoms with Crippen molar-refractivity contribution in [2.75, 3.05) is 26.2 Å². The minimum Gasteiger partial charge on any atom is -0.352 e. The quantitative estimate of drug-likeness (QED) is 0.834. The first-order valence-electron chi connectivity index (χ1n) is 8.30. The molecule has 124 valence electrons. The van der Waals surface area contributed by atoms with E-state index < -0.39 is 0 Å². The number of rotatable bonds is 4. The predicted molar refractivity (Wildman–Crippen MR) is 89.9 cm³/mol. The molecule has 2 fully saturated rings. The maximum Gasteiger partial charge on any atom is 0.223 e. The molecule has 4 nitrogen and oxygen atoms in total. The normalized spacial score (nSPS) is 32.0. The van der Waals surface area contributed by atoms with Crippen molar-refractivity contribution in [3.05, 3.63) is 0 Å². The molecule has 1 amide bonds. The molecular weight excluding hydrogens is 286 g/mol. The molecule has 2 aliphatic rings. The highest BCUT2D eigenvalue weighted by Crippen LogP contribution is 2.17. The highest BCUT2D eigenvalue weighted by molar-refractivity contribution is 5.85. The second-order valence-corrected chi connectivity index (χ2v) is 6.99. The van der Waals surface area contributed by atoms with Crippen LogP contribution in [-0.2, 0) is 4.79 Å². The van der Waals surface area contributed by atoms with Crippen LogP contribution in [0.2, 0.25) is 0 Å². The van der Waals surface area contributed by atoms with Crippen LogP contribution in [0, 0.1) is 11.8 Å². The van der Waals surface area contributed by atoms with E-state index in [4.69, 9.17) is 0 Å². The molecule has 2 aliphatic heterocycles. The fraction of sp³-hybridized carbons (Fsp3) is 0.938. The number of halogens is 1.